The van der Waals surface area contributed by atoms with Gasteiger partial charge in [0.15, 0.2) is 0 Å². The van der Waals surface area contributed by atoms with Crippen molar-refractivity contribution in [2.24, 2.45) is 7.05 Å². The van der Waals surface area contributed by atoms with E-state index in [2.05, 4.69) is 4.98 Å². The number of halogens is 1. The third kappa shape index (κ3) is 2.16. The van der Waals surface area contributed by atoms with Gasteiger partial charge < -0.3 is 9.67 Å². The normalized spacial score (nSPS) is 11.0. The molecule has 3 aromatic rings. The molecule has 1 aromatic heterocycles. The first-order chi connectivity index (χ1) is 9.97. The molecule has 0 aliphatic carbocycles. The minimum absolute atomic E-state index is 0.161. The first kappa shape index (κ1) is 13.3. The van der Waals surface area contributed by atoms with Crippen molar-refractivity contribution in [2.45, 2.75) is 6.92 Å². The summed E-state index contributed by atoms with van der Waals surface area (Å²) in [7, 11) is 1.63. The van der Waals surface area contributed by atoms with Gasteiger partial charge in [-0.1, -0.05) is 0 Å². The highest BCUT2D eigenvalue weighted by Gasteiger charge is 2.13. The molecule has 3 rings (SSSR count). The lowest BCUT2D eigenvalue weighted by Crippen LogP contribution is -2.17. The van der Waals surface area contributed by atoms with Crippen molar-refractivity contribution in [3.63, 3.8) is 0 Å². The van der Waals surface area contributed by atoms with E-state index in [-0.39, 0.29) is 11.3 Å². The maximum atomic E-state index is 13.1. The fraction of sp³-hybridized carbons (Fsp3) is 0.125. The monoisotopic (exact) mass is 284 g/mol. The standard InChI is InChI=1S/C16H13FN2O2/c1-9-5-12(11-4-3-10(17)7-14(11)20)15-13(6-9)16(21)19(2)8-18-15/h3-8,20H,1-2H3. The van der Waals surface area contributed by atoms with E-state index >= 15 is 0 Å². The average Bonchev–Trinajstić information content (AvgIpc) is 2.43. The summed E-state index contributed by atoms with van der Waals surface area (Å²) in [6.45, 7) is 1.86. The van der Waals surface area contributed by atoms with Gasteiger partial charge in [-0.3, -0.25) is 4.79 Å². The van der Waals surface area contributed by atoms with E-state index in [1.165, 1.54) is 23.0 Å². The quantitative estimate of drug-likeness (QED) is 0.747. The molecular formula is C16H13FN2O2. The van der Waals surface area contributed by atoms with E-state index in [1.807, 2.05) is 13.0 Å². The maximum absolute atomic E-state index is 13.1. The number of nitrogens with zero attached hydrogens (tertiary/aromatic N) is 2. The van der Waals surface area contributed by atoms with Crippen LogP contribution >= 0.6 is 0 Å². The van der Waals surface area contributed by atoms with Gasteiger partial charge in [0, 0.05) is 24.2 Å². The van der Waals surface area contributed by atoms with Crippen LogP contribution in [0.15, 0.2) is 41.5 Å². The van der Waals surface area contributed by atoms with Crippen molar-refractivity contribution in [1.29, 1.82) is 0 Å². The highest BCUT2D eigenvalue weighted by Crippen LogP contribution is 2.34. The fourth-order valence-electron chi connectivity index (χ4n) is 2.41. The van der Waals surface area contributed by atoms with E-state index in [0.29, 0.717) is 22.0 Å². The van der Waals surface area contributed by atoms with Gasteiger partial charge in [-0.2, -0.15) is 0 Å². The largest absolute Gasteiger partial charge is 0.507 e. The second kappa shape index (κ2) is 4.70. The van der Waals surface area contributed by atoms with Crippen molar-refractivity contribution in [3.05, 3.63) is 58.4 Å². The Hall–Kier alpha value is -2.69. The van der Waals surface area contributed by atoms with Gasteiger partial charge in [-0.15, -0.1) is 0 Å². The van der Waals surface area contributed by atoms with Crippen LogP contribution in [0.4, 0.5) is 4.39 Å². The van der Waals surface area contributed by atoms with Crippen molar-refractivity contribution >= 4 is 10.9 Å². The van der Waals surface area contributed by atoms with Crippen LogP contribution in [0.2, 0.25) is 0 Å². The third-order valence-corrected chi connectivity index (χ3v) is 3.41. The van der Waals surface area contributed by atoms with E-state index in [9.17, 15) is 14.3 Å². The van der Waals surface area contributed by atoms with Crippen LogP contribution in [0.5, 0.6) is 5.75 Å². The lowest BCUT2D eigenvalue weighted by atomic mass is 9.99. The Balaban J connectivity index is 2.42. The average molecular weight is 284 g/mol. The summed E-state index contributed by atoms with van der Waals surface area (Å²) in [4.78, 5) is 16.5. The molecule has 0 fully saturated rings. The molecule has 2 aromatic carbocycles. The van der Waals surface area contributed by atoms with Crippen molar-refractivity contribution in [3.8, 4) is 16.9 Å². The molecule has 1 N–H and O–H groups in total. The van der Waals surface area contributed by atoms with Crippen LogP contribution in [0.3, 0.4) is 0 Å². The number of phenolic OH excluding ortho intramolecular Hbond substituents is 1. The molecular weight excluding hydrogens is 271 g/mol. The molecule has 0 radical (unpaired) electrons. The zero-order valence-electron chi connectivity index (χ0n) is 11.6. The predicted molar refractivity (Wildman–Crippen MR) is 78.8 cm³/mol. The molecule has 0 saturated carbocycles. The van der Waals surface area contributed by atoms with Crippen LogP contribution in [0, 0.1) is 12.7 Å². The fourth-order valence-corrected chi connectivity index (χ4v) is 2.41. The molecule has 4 nitrogen and oxygen atoms in total. The summed E-state index contributed by atoms with van der Waals surface area (Å²) in [6.07, 6.45) is 1.43. The molecule has 0 unspecified atom stereocenters. The topological polar surface area (TPSA) is 55.1 Å². The molecule has 0 spiro atoms. The summed E-state index contributed by atoms with van der Waals surface area (Å²) in [5, 5.41) is 10.4. The van der Waals surface area contributed by atoms with Crippen molar-refractivity contribution in [1.82, 2.24) is 9.55 Å². The van der Waals surface area contributed by atoms with E-state index in [1.54, 1.807) is 13.1 Å². The minimum atomic E-state index is -0.517. The third-order valence-electron chi connectivity index (χ3n) is 3.41. The number of benzene rings is 2. The SMILES string of the molecule is Cc1cc(-c2ccc(F)cc2O)c2ncn(C)c(=O)c2c1. The molecule has 5 heteroatoms. The molecule has 21 heavy (non-hydrogen) atoms. The van der Waals surface area contributed by atoms with Crippen molar-refractivity contribution in [2.75, 3.05) is 0 Å². The van der Waals surface area contributed by atoms with Gasteiger partial charge in [-0.05, 0) is 36.8 Å². The number of aromatic nitrogens is 2. The van der Waals surface area contributed by atoms with Crippen LogP contribution in [-0.2, 0) is 7.05 Å². The first-order valence-electron chi connectivity index (χ1n) is 6.42. The maximum Gasteiger partial charge on any atom is 0.260 e. The minimum Gasteiger partial charge on any atom is -0.507 e. The summed E-state index contributed by atoms with van der Waals surface area (Å²) >= 11 is 0. The molecule has 0 amide bonds. The highest BCUT2D eigenvalue weighted by atomic mass is 19.1. The summed E-state index contributed by atoms with van der Waals surface area (Å²) < 4.78 is 14.5. The molecule has 0 saturated heterocycles. The number of hydrogen-bond donors (Lipinski definition) is 1. The number of phenols is 1. The second-order valence-electron chi connectivity index (χ2n) is 5.03. The molecule has 106 valence electrons. The number of aromatic hydroxyl groups is 1. The lowest BCUT2D eigenvalue weighted by molar-refractivity contribution is 0.471. The van der Waals surface area contributed by atoms with Gasteiger partial charge in [0.1, 0.15) is 11.6 Å². The Labute approximate surface area is 120 Å². The molecule has 1 heterocycles. The number of rotatable bonds is 1. The van der Waals surface area contributed by atoms with Crippen LogP contribution in [-0.4, -0.2) is 14.7 Å². The highest BCUT2D eigenvalue weighted by molar-refractivity contribution is 5.95. The summed E-state index contributed by atoms with van der Waals surface area (Å²) in [5.41, 5.74) is 2.26. The predicted octanol–water partition coefficient (Wildman–Crippen LogP) is 2.75. The Kier molecular flexibility index (Phi) is 2.97. The summed E-state index contributed by atoms with van der Waals surface area (Å²) in [5.74, 6) is -0.693. The molecule has 0 aliphatic heterocycles. The molecule has 0 atom stereocenters. The van der Waals surface area contributed by atoms with Gasteiger partial charge in [0.2, 0.25) is 0 Å². The van der Waals surface area contributed by atoms with E-state index in [4.69, 9.17) is 0 Å². The van der Waals surface area contributed by atoms with Crippen LogP contribution < -0.4 is 5.56 Å². The Morgan fingerprint density at radius 3 is 2.67 bits per heavy atom. The molecule has 0 bridgehead atoms. The van der Waals surface area contributed by atoms with Crippen LogP contribution in [0.25, 0.3) is 22.0 Å². The Bertz CT molecular complexity index is 916. The van der Waals surface area contributed by atoms with Crippen molar-refractivity contribution < 1.29 is 9.50 Å². The molecule has 0 aliphatic rings. The van der Waals surface area contributed by atoms with Crippen LogP contribution in [0.1, 0.15) is 5.56 Å². The van der Waals surface area contributed by atoms with Gasteiger partial charge in [-0.25, -0.2) is 9.37 Å². The lowest BCUT2D eigenvalue weighted by Gasteiger charge is -2.10. The number of hydrogen-bond acceptors (Lipinski definition) is 3. The van der Waals surface area contributed by atoms with E-state index in [0.717, 1.165) is 11.6 Å². The van der Waals surface area contributed by atoms with E-state index < -0.39 is 5.82 Å². The summed E-state index contributed by atoms with van der Waals surface area (Å²) in [6, 6.07) is 7.38. The van der Waals surface area contributed by atoms with Gasteiger partial charge in [0.25, 0.3) is 5.56 Å². The Morgan fingerprint density at radius 1 is 1.19 bits per heavy atom. The first-order valence-corrected chi connectivity index (χ1v) is 6.42. The number of aryl methyl sites for hydroxylation is 2. The Morgan fingerprint density at radius 2 is 1.95 bits per heavy atom. The zero-order valence-corrected chi connectivity index (χ0v) is 11.6. The number of fused-ring (bicyclic) bond motifs is 1. The second-order valence-corrected chi connectivity index (χ2v) is 5.03. The zero-order chi connectivity index (χ0) is 15.1. The van der Waals surface area contributed by atoms with Gasteiger partial charge >= 0.3 is 0 Å². The smallest absolute Gasteiger partial charge is 0.260 e. The van der Waals surface area contributed by atoms with Gasteiger partial charge in [0.05, 0.1) is 17.2 Å².